The number of benzene rings is 1. The van der Waals surface area contributed by atoms with Gasteiger partial charge in [-0.25, -0.2) is 0 Å². The average Bonchev–Trinajstić information content (AvgIpc) is 2.17. The van der Waals surface area contributed by atoms with Gasteiger partial charge in [-0.05, 0) is 18.4 Å². The van der Waals surface area contributed by atoms with Gasteiger partial charge in [0.25, 0.3) is 0 Å². The molecule has 0 amide bonds. The molecule has 0 saturated heterocycles. The van der Waals surface area contributed by atoms with Gasteiger partial charge in [-0.2, -0.15) is 7.05 Å². The Kier molecular flexibility index (Phi) is 2.13. The van der Waals surface area contributed by atoms with Crippen molar-refractivity contribution in [3.05, 3.63) is 42.4 Å². The van der Waals surface area contributed by atoms with E-state index >= 15 is 0 Å². The van der Waals surface area contributed by atoms with Crippen LogP contribution in [0.2, 0.25) is 0 Å². The Labute approximate surface area is 73.8 Å². The highest BCUT2D eigenvalue weighted by molar-refractivity contribution is 5.30. The van der Waals surface area contributed by atoms with Crippen molar-refractivity contribution in [2.75, 3.05) is 0 Å². The lowest BCUT2D eigenvalue weighted by Crippen LogP contribution is -2.78. The van der Waals surface area contributed by atoms with Gasteiger partial charge in [0.15, 0.2) is 0 Å². The topological polar surface area (TPSA) is 16.6 Å². The van der Waals surface area contributed by atoms with Gasteiger partial charge in [-0.3, -0.25) is 0 Å². The molecular formula is C11H15N. The summed E-state index contributed by atoms with van der Waals surface area (Å²) >= 11 is 0. The summed E-state index contributed by atoms with van der Waals surface area (Å²) in [6.07, 6.45) is 3.84. The Morgan fingerprint density at radius 3 is 3.00 bits per heavy atom. The summed E-state index contributed by atoms with van der Waals surface area (Å²) in [7, 11) is 3.88. The molecule has 1 aromatic rings. The van der Waals surface area contributed by atoms with Gasteiger partial charge >= 0.3 is 0 Å². The molecular weight excluding hydrogens is 146 g/mol. The van der Waals surface area contributed by atoms with Gasteiger partial charge < -0.3 is 5.32 Å². The number of quaternary nitrogens is 1. The summed E-state index contributed by atoms with van der Waals surface area (Å²) in [5.41, 5.74) is 3.02. The molecule has 1 heteroatoms. The monoisotopic (exact) mass is 161 g/mol. The smallest absolute Gasteiger partial charge is 0.0879 e. The third-order valence-corrected chi connectivity index (χ3v) is 2.70. The predicted molar refractivity (Wildman–Crippen MR) is 49.4 cm³/mol. The molecule has 12 heavy (non-hydrogen) atoms. The number of hydrogen-bond donors (Lipinski definition) is 1. The molecule has 0 saturated carbocycles. The predicted octanol–water partition coefficient (Wildman–Crippen LogP) is 1.42. The highest BCUT2D eigenvalue weighted by Crippen LogP contribution is 2.26. The highest BCUT2D eigenvalue weighted by Gasteiger charge is 2.18. The fraction of sp³-hybridized carbons (Fsp3) is 0.364. The first kappa shape index (κ1) is 7.81. The second-order valence-electron chi connectivity index (χ2n) is 3.43. The number of aryl methyl sites for hydroxylation is 1. The standard InChI is InChI=1S/C11H15N/c1-12-11-8-4-6-9-5-2-3-7-10(9)11/h2-3,5,7,11H,1,4,6,8,12H2/t11-/m1/s1. The number of hydrogen-bond acceptors (Lipinski definition) is 0. The van der Waals surface area contributed by atoms with Crippen molar-refractivity contribution in [3.63, 3.8) is 0 Å². The summed E-state index contributed by atoms with van der Waals surface area (Å²) in [5, 5.41) is 2.08. The molecule has 64 valence electrons. The van der Waals surface area contributed by atoms with Crippen LogP contribution in [0.4, 0.5) is 0 Å². The van der Waals surface area contributed by atoms with Crippen LogP contribution in [0.25, 0.3) is 0 Å². The lowest BCUT2D eigenvalue weighted by atomic mass is 9.88. The van der Waals surface area contributed by atoms with E-state index in [1.807, 2.05) is 0 Å². The van der Waals surface area contributed by atoms with E-state index in [1.54, 1.807) is 0 Å². The van der Waals surface area contributed by atoms with E-state index < -0.39 is 0 Å². The molecule has 0 spiro atoms. The van der Waals surface area contributed by atoms with E-state index in [-0.39, 0.29) is 0 Å². The Bertz CT molecular complexity index is 267. The molecule has 0 bridgehead atoms. The first-order valence-electron chi connectivity index (χ1n) is 4.62. The van der Waals surface area contributed by atoms with Crippen LogP contribution in [0, 0.1) is 7.05 Å². The minimum Gasteiger partial charge on any atom is -0.473 e. The number of nitrogens with two attached hydrogens (primary N) is 1. The van der Waals surface area contributed by atoms with Crippen molar-refractivity contribution in [2.24, 2.45) is 0 Å². The van der Waals surface area contributed by atoms with Gasteiger partial charge in [0, 0.05) is 12.0 Å². The van der Waals surface area contributed by atoms with Crippen molar-refractivity contribution < 1.29 is 5.32 Å². The minimum absolute atomic E-state index is 0.606. The van der Waals surface area contributed by atoms with Crippen LogP contribution < -0.4 is 5.32 Å². The van der Waals surface area contributed by atoms with Crippen molar-refractivity contribution in [3.8, 4) is 0 Å². The largest absolute Gasteiger partial charge is 0.473 e. The van der Waals surface area contributed by atoms with E-state index in [0.717, 1.165) is 0 Å². The van der Waals surface area contributed by atoms with Gasteiger partial charge in [0.1, 0.15) is 0 Å². The first-order valence-corrected chi connectivity index (χ1v) is 4.62. The zero-order valence-electron chi connectivity index (χ0n) is 7.29. The van der Waals surface area contributed by atoms with E-state index in [1.165, 1.54) is 30.4 Å². The summed E-state index contributed by atoms with van der Waals surface area (Å²) in [5.74, 6) is 0. The second kappa shape index (κ2) is 3.28. The maximum atomic E-state index is 3.88. The third-order valence-electron chi connectivity index (χ3n) is 2.70. The normalized spacial score (nSPS) is 21.9. The molecule has 2 N–H and O–H groups in total. The number of fused-ring (bicyclic) bond motifs is 1. The maximum absolute atomic E-state index is 3.88. The van der Waals surface area contributed by atoms with Crippen LogP contribution in [0.5, 0.6) is 0 Å². The van der Waals surface area contributed by atoms with Crippen molar-refractivity contribution >= 4 is 0 Å². The second-order valence-corrected chi connectivity index (χ2v) is 3.43. The summed E-state index contributed by atoms with van der Waals surface area (Å²) in [6.45, 7) is 0. The zero-order valence-corrected chi connectivity index (χ0v) is 7.29. The molecule has 2 rings (SSSR count). The van der Waals surface area contributed by atoms with Crippen LogP contribution in [0.3, 0.4) is 0 Å². The van der Waals surface area contributed by atoms with E-state index in [9.17, 15) is 0 Å². The molecule has 1 aromatic carbocycles. The maximum Gasteiger partial charge on any atom is 0.0879 e. The van der Waals surface area contributed by atoms with Crippen molar-refractivity contribution in [1.29, 1.82) is 0 Å². The van der Waals surface area contributed by atoms with Gasteiger partial charge in [0.2, 0.25) is 0 Å². The van der Waals surface area contributed by atoms with Crippen LogP contribution in [0.15, 0.2) is 24.3 Å². The first-order chi connectivity index (χ1) is 5.92. The van der Waals surface area contributed by atoms with E-state index in [4.69, 9.17) is 0 Å². The van der Waals surface area contributed by atoms with Crippen LogP contribution in [0.1, 0.15) is 30.0 Å². The zero-order chi connectivity index (χ0) is 8.39. The summed E-state index contributed by atoms with van der Waals surface area (Å²) in [4.78, 5) is 0. The molecule has 0 radical (unpaired) electrons. The summed E-state index contributed by atoms with van der Waals surface area (Å²) in [6, 6.07) is 9.34. The van der Waals surface area contributed by atoms with Crippen molar-refractivity contribution in [2.45, 2.75) is 25.3 Å². The minimum atomic E-state index is 0.606. The highest BCUT2D eigenvalue weighted by atomic mass is 14.9. The Hall–Kier alpha value is -0.820. The molecule has 0 unspecified atom stereocenters. The Morgan fingerprint density at radius 1 is 1.33 bits per heavy atom. The molecule has 1 aliphatic carbocycles. The van der Waals surface area contributed by atoms with E-state index in [2.05, 4.69) is 36.6 Å². The molecule has 1 atom stereocenters. The van der Waals surface area contributed by atoms with Crippen LogP contribution in [-0.4, -0.2) is 0 Å². The SMILES string of the molecule is [CH2-][NH2+][C@@H]1CCCc2ccccc21. The lowest BCUT2D eigenvalue weighted by molar-refractivity contribution is -0.642. The van der Waals surface area contributed by atoms with E-state index in [0.29, 0.717) is 6.04 Å². The average molecular weight is 161 g/mol. The van der Waals surface area contributed by atoms with Crippen LogP contribution in [-0.2, 0) is 6.42 Å². The quantitative estimate of drug-likeness (QED) is 0.600. The molecule has 1 nitrogen and oxygen atoms in total. The van der Waals surface area contributed by atoms with Gasteiger partial charge in [-0.15, -0.1) is 0 Å². The van der Waals surface area contributed by atoms with Gasteiger partial charge in [-0.1, -0.05) is 24.3 Å². The Morgan fingerprint density at radius 2 is 2.17 bits per heavy atom. The van der Waals surface area contributed by atoms with Gasteiger partial charge in [0.05, 0.1) is 6.04 Å². The molecule has 0 aromatic heterocycles. The fourth-order valence-electron chi connectivity index (χ4n) is 2.04. The molecule has 0 heterocycles. The third kappa shape index (κ3) is 1.25. The number of rotatable bonds is 1. The molecule has 0 fully saturated rings. The Balaban J connectivity index is 2.37. The lowest BCUT2D eigenvalue weighted by Gasteiger charge is -2.24. The van der Waals surface area contributed by atoms with Crippen LogP contribution >= 0.6 is 0 Å². The van der Waals surface area contributed by atoms with Crippen molar-refractivity contribution in [1.82, 2.24) is 0 Å². The molecule has 0 aliphatic heterocycles. The summed E-state index contributed by atoms with van der Waals surface area (Å²) < 4.78 is 0. The fourth-order valence-corrected chi connectivity index (χ4v) is 2.04. The molecule has 1 aliphatic rings.